The maximum atomic E-state index is 13.3. The first-order chi connectivity index (χ1) is 8.08. The molecule has 0 fully saturated rings. The molecule has 1 heterocycles. The van der Waals surface area contributed by atoms with E-state index in [1.807, 2.05) is 13.8 Å². The van der Waals surface area contributed by atoms with E-state index in [1.165, 1.54) is 12.1 Å². The normalized spacial score (nSPS) is 10.9. The van der Waals surface area contributed by atoms with Crippen molar-refractivity contribution in [3.8, 4) is 0 Å². The van der Waals surface area contributed by atoms with Crippen LogP contribution in [0.2, 0.25) is 5.02 Å². The van der Waals surface area contributed by atoms with Crippen LogP contribution in [-0.2, 0) is 6.42 Å². The lowest BCUT2D eigenvalue weighted by molar-refractivity contribution is 0.629. The number of nitrogens with one attached hydrogen (secondary N) is 1. The van der Waals surface area contributed by atoms with Crippen LogP contribution in [0.5, 0.6) is 0 Å². The van der Waals surface area contributed by atoms with Crippen molar-refractivity contribution < 1.29 is 4.39 Å². The van der Waals surface area contributed by atoms with Gasteiger partial charge in [-0.1, -0.05) is 18.5 Å². The number of rotatable bonds is 2. The Morgan fingerprint density at radius 1 is 1.47 bits per heavy atom. The number of aryl methyl sites for hydroxylation is 1. The van der Waals surface area contributed by atoms with Gasteiger partial charge in [-0.25, -0.2) is 4.39 Å². The van der Waals surface area contributed by atoms with E-state index in [1.54, 1.807) is 0 Å². The van der Waals surface area contributed by atoms with Gasteiger partial charge in [0.05, 0.1) is 16.2 Å². The number of fused-ring (bicyclic) bond motifs is 1. The average molecular weight is 254 g/mol. The number of halogens is 2. The predicted octanol–water partition coefficient (Wildman–Crippen LogP) is 3.18. The Bertz CT molecular complexity index is 584. The topological polar surface area (TPSA) is 50.9 Å². The Labute approximate surface area is 104 Å². The fraction of sp³-hybridized carbons (Fsp3) is 0.250. The molecule has 2 rings (SSSR count). The molecule has 0 atom stereocenters. The summed E-state index contributed by atoms with van der Waals surface area (Å²) in [7, 11) is 0. The van der Waals surface area contributed by atoms with Gasteiger partial charge in [0.15, 0.2) is 0 Å². The second-order valence-electron chi connectivity index (χ2n) is 3.84. The van der Waals surface area contributed by atoms with Gasteiger partial charge >= 0.3 is 0 Å². The molecule has 0 aliphatic heterocycles. The highest BCUT2D eigenvalue weighted by atomic mass is 35.5. The minimum Gasteiger partial charge on any atom is -0.323 e. The first-order valence-electron chi connectivity index (χ1n) is 5.33. The molecular weight excluding hydrogens is 241 g/mol. The Balaban J connectivity index is 2.92. The number of hydrogen-bond acceptors (Lipinski definition) is 3. The van der Waals surface area contributed by atoms with E-state index in [0.717, 1.165) is 17.7 Å². The monoisotopic (exact) mass is 253 g/mol. The molecule has 0 amide bonds. The van der Waals surface area contributed by atoms with Gasteiger partial charge < -0.3 is 5.43 Å². The highest BCUT2D eigenvalue weighted by Gasteiger charge is 2.13. The van der Waals surface area contributed by atoms with E-state index in [0.29, 0.717) is 21.6 Å². The van der Waals surface area contributed by atoms with E-state index >= 15 is 0 Å². The molecule has 5 heteroatoms. The van der Waals surface area contributed by atoms with Crippen molar-refractivity contribution in [2.75, 3.05) is 5.43 Å². The Morgan fingerprint density at radius 2 is 2.18 bits per heavy atom. The lowest BCUT2D eigenvalue weighted by atomic mass is 10.1. The smallest absolute Gasteiger partial charge is 0.126 e. The number of aromatic nitrogens is 1. The van der Waals surface area contributed by atoms with Crippen molar-refractivity contribution in [1.82, 2.24) is 4.98 Å². The summed E-state index contributed by atoms with van der Waals surface area (Å²) in [6, 6.07) is 2.62. The van der Waals surface area contributed by atoms with Crippen LogP contribution < -0.4 is 11.3 Å². The summed E-state index contributed by atoms with van der Waals surface area (Å²) in [5, 5.41) is 0.969. The lowest BCUT2D eigenvalue weighted by Gasteiger charge is -2.14. The fourth-order valence-electron chi connectivity index (χ4n) is 1.98. The molecule has 3 nitrogen and oxygen atoms in total. The summed E-state index contributed by atoms with van der Waals surface area (Å²) in [4.78, 5) is 4.40. The first kappa shape index (κ1) is 12.1. The molecule has 0 bridgehead atoms. The molecule has 0 aliphatic carbocycles. The fourth-order valence-corrected chi connectivity index (χ4v) is 2.28. The lowest BCUT2D eigenvalue weighted by Crippen LogP contribution is -2.11. The van der Waals surface area contributed by atoms with Crippen molar-refractivity contribution in [1.29, 1.82) is 0 Å². The van der Waals surface area contributed by atoms with Crippen molar-refractivity contribution in [3.63, 3.8) is 0 Å². The van der Waals surface area contributed by atoms with Crippen LogP contribution in [0.3, 0.4) is 0 Å². The third-order valence-electron chi connectivity index (χ3n) is 2.83. The molecule has 0 radical (unpaired) electrons. The molecule has 0 saturated carbocycles. The molecule has 17 heavy (non-hydrogen) atoms. The maximum Gasteiger partial charge on any atom is 0.126 e. The SMILES string of the molecule is CCc1nc2cc(F)cc(Cl)c2c(NN)c1C. The first-order valence-corrected chi connectivity index (χ1v) is 5.71. The number of nitrogens with two attached hydrogens (primary N) is 1. The summed E-state index contributed by atoms with van der Waals surface area (Å²) in [6.45, 7) is 3.91. The van der Waals surface area contributed by atoms with Crippen LogP contribution in [0.25, 0.3) is 10.9 Å². The van der Waals surface area contributed by atoms with Crippen molar-refractivity contribution in [2.45, 2.75) is 20.3 Å². The van der Waals surface area contributed by atoms with E-state index < -0.39 is 5.82 Å². The summed E-state index contributed by atoms with van der Waals surface area (Å²) in [5.41, 5.74) is 5.67. The van der Waals surface area contributed by atoms with Gasteiger partial charge in [-0.05, 0) is 25.0 Å². The third-order valence-corrected chi connectivity index (χ3v) is 3.12. The molecule has 0 unspecified atom stereocenters. The van der Waals surface area contributed by atoms with Gasteiger partial charge in [-0.15, -0.1) is 0 Å². The molecule has 2 aromatic rings. The van der Waals surface area contributed by atoms with Crippen LogP contribution in [-0.4, -0.2) is 4.98 Å². The predicted molar refractivity (Wildman–Crippen MR) is 68.6 cm³/mol. The van der Waals surface area contributed by atoms with Gasteiger partial charge in [0.2, 0.25) is 0 Å². The Kier molecular flexibility index (Phi) is 3.17. The van der Waals surface area contributed by atoms with E-state index in [2.05, 4.69) is 10.4 Å². The van der Waals surface area contributed by atoms with Crippen molar-refractivity contribution in [2.24, 2.45) is 5.84 Å². The van der Waals surface area contributed by atoms with Gasteiger partial charge in [0.25, 0.3) is 0 Å². The summed E-state index contributed by atoms with van der Waals surface area (Å²) < 4.78 is 13.3. The molecule has 0 aliphatic rings. The molecule has 1 aromatic heterocycles. The minimum absolute atomic E-state index is 0.311. The molecule has 90 valence electrons. The zero-order valence-corrected chi connectivity index (χ0v) is 10.4. The van der Waals surface area contributed by atoms with Crippen LogP contribution in [0.15, 0.2) is 12.1 Å². The highest BCUT2D eigenvalue weighted by molar-refractivity contribution is 6.36. The van der Waals surface area contributed by atoms with Crippen LogP contribution in [0.1, 0.15) is 18.2 Å². The van der Waals surface area contributed by atoms with Gasteiger partial charge in [-0.2, -0.15) is 0 Å². The standard InChI is InChI=1S/C12H13ClFN3/c1-3-9-6(2)12(17-15)11-8(13)4-7(14)5-10(11)16-9/h4-5H,3,15H2,1-2H3,(H,16,17). The van der Waals surface area contributed by atoms with Crippen LogP contribution in [0.4, 0.5) is 10.1 Å². The van der Waals surface area contributed by atoms with Gasteiger partial charge in [0.1, 0.15) is 5.82 Å². The molecular formula is C12H13ClFN3. The van der Waals surface area contributed by atoms with E-state index in [-0.39, 0.29) is 0 Å². The number of hydrazine groups is 1. The zero-order chi connectivity index (χ0) is 12.6. The molecule has 0 spiro atoms. The maximum absolute atomic E-state index is 13.3. The quantitative estimate of drug-likeness (QED) is 0.638. The average Bonchev–Trinajstić information content (AvgIpc) is 2.29. The summed E-state index contributed by atoms with van der Waals surface area (Å²) in [6.07, 6.45) is 0.755. The second-order valence-corrected chi connectivity index (χ2v) is 4.25. The minimum atomic E-state index is -0.399. The van der Waals surface area contributed by atoms with Crippen molar-refractivity contribution >= 4 is 28.2 Å². The summed E-state index contributed by atoms with van der Waals surface area (Å²) >= 11 is 6.04. The van der Waals surface area contributed by atoms with Gasteiger partial charge in [-0.3, -0.25) is 10.8 Å². The molecule has 3 N–H and O–H groups in total. The van der Waals surface area contributed by atoms with Crippen molar-refractivity contribution in [3.05, 3.63) is 34.2 Å². The number of hydrogen-bond donors (Lipinski definition) is 2. The zero-order valence-electron chi connectivity index (χ0n) is 9.64. The van der Waals surface area contributed by atoms with E-state index in [4.69, 9.17) is 17.4 Å². The number of nitrogen functional groups attached to an aromatic ring is 1. The molecule has 1 aromatic carbocycles. The van der Waals surface area contributed by atoms with Crippen LogP contribution in [0, 0.1) is 12.7 Å². The number of pyridine rings is 1. The summed E-state index contributed by atoms with van der Waals surface area (Å²) in [5.74, 6) is 5.12. The Hall–Kier alpha value is -1.39. The largest absolute Gasteiger partial charge is 0.323 e. The number of benzene rings is 1. The number of nitrogens with zero attached hydrogens (tertiary/aromatic N) is 1. The van der Waals surface area contributed by atoms with Gasteiger partial charge in [0, 0.05) is 17.1 Å². The third kappa shape index (κ3) is 1.94. The number of anilines is 1. The van der Waals surface area contributed by atoms with Crippen LogP contribution >= 0.6 is 11.6 Å². The molecule has 0 saturated heterocycles. The second kappa shape index (κ2) is 4.47. The Morgan fingerprint density at radius 3 is 2.76 bits per heavy atom. The van der Waals surface area contributed by atoms with E-state index in [9.17, 15) is 4.39 Å². The highest BCUT2D eigenvalue weighted by Crippen LogP contribution is 2.33.